The molecule has 1 aromatic carbocycles. The summed E-state index contributed by atoms with van der Waals surface area (Å²) in [4.78, 5) is 23.0. The van der Waals surface area contributed by atoms with Crippen LogP contribution in [0.5, 0.6) is 0 Å². The predicted octanol–water partition coefficient (Wildman–Crippen LogP) is 0.709. The molecule has 0 aliphatic heterocycles. The van der Waals surface area contributed by atoms with Gasteiger partial charge in [0.1, 0.15) is 0 Å². The van der Waals surface area contributed by atoms with Crippen molar-refractivity contribution >= 4 is 23.2 Å². The van der Waals surface area contributed by atoms with Crippen molar-refractivity contribution in [3.8, 4) is 0 Å². The molecule has 6 heteroatoms. The van der Waals surface area contributed by atoms with E-state index in [4.69, 9.17) is 5.73 Å². The Morgan fingerprint density at radius 1 is 1.35 bits per heavy atom. The van der Waals surface area contributed by atoms with E-state index >= 15 is 0 Å². The molecule has 0 unspecified atom stereocenters. The van der Waals surface area contributed by atoms with E-state index in [0.29, 0.717) is 30.3 Å². The Bertz CT molecular complexity index is 512. The van der Waals surface area contributed by atoms with Crippen LogP contribution in [-0.4, -0.2) is 31.4 Å². The minimum atomic E-state index is -0.174. The molecular weight excluding hydrogens is 256 g/mol. The van der Waals surface area contributed by atoms with Crippen molar-refractivity contribution in [2.45, 2.75) is 25.3 Å². The van der Waals surface area contributed by atoms with E-state index in [2.05, 4.69) is 16.0 Å². The van der Waals surface area contributed by atoms with Gasteiger partial charge in [-0.1, -0.05) is 0 Å². The van der Waals surface area contributed by atoms with Crippen LogP contribution in [0.4, 0.5) is 11.4 Å². The molecule has 20 heavy (non-hydrogen) atoms. The van der Waals surface area contributed by atoms with Crippen molar-refractivity contribution in [1.29, 1.82) is 0 Å². The van der Waals surface area contributed by atoms with E-state index in [-0.39, 0.29) is 11.8 Å². The highest BCUT2D eigenvalue weighted by atomic mass is 16.2. The van der Waals surface area contributed by atoms with Gasteiger partial charge in [-0.3, -0.25) is 9.59 Å². The number of amides is 2. The van der Waals surface area contributed by atoms with Gasteiger partial charge in [0, 0.05) is 31.6 Å². The second-order valence-electron chi connectivity index (χ2n) is 4.90. The number of nitrogens with one attached hydrogen (secondary N) is 3. The predicted molar refractivity (Wildman–Crippen MR) is 78.5 cm³/mol. The minimum Gasteiger partial charge on any atom is -0.397 e. The lowest BCUT2D eigenvalue weighted by Gasteiger charge is -2.10. The number of rotatable bonds is 6. The van der Waals surface area contributed by atoms with Crippen molar-refractivity contribution in [3.05, 3.63) is 23.8 Å². The normalized spacial score (nSPS) is 13.7. The summed E-state index contributed by atoms with van der Waals surface area (Å²) in [5.74, 6) is -0.118. The maximum Gasteiger partial charge on any atom is 0.251 e. The number of carbonyl (C=O) groups excluding carboxylic acids is 2. The van der Waals surface area contributed by atoms with Crippen molar-refractivity contribution < 1.29 is 9.59 Å². The average molecular weight is 276 g/mol. The van der Waals surface area contributed by atoms with Gasteiger partial charge < -0.3 is 21.7 Å². The average Bonchev–Trinajstić information content (AvgIpc) is 3.23. The molecule has 0 atom stereocenters. The second kappa shape index (κ2) is 6.27. The van der Waals surface area contributed by atoms with Gasteiger partial charge in [-0.2, -0.15) is 0 Å². The molecule has 2 rings (SSSR count). The van der Waals surface area contributed by atoms with E-state index < -0.39 is 0 Å². The molecule has 0 spiro atoms. The lowest BCUT2D eigenvalue weighted by Crippen LogP contribution is -2.27. The van der Waals surface area contributed by atoms with E-state index in [1.165, 1.54) is 0 Å². The molecule has 5 N–H and O–H groups in total. The summed E-state index contributed by atoms with van der Waals surface area (Å²) in [7, 11) is 1.57. The van der Waals surface area contributed by atoms with Crippen molar-refractivity contribution in [1.82, 2.24) is 10.6 Å². The molecule has 6 nitrogen and oxygen atoms in total. The fourth-order valence-corrected chi connectivity index (χ4v) is 1.85. The quantitative estimate of drug-likeness (QED) is 0.575. The first-order valence-electron chi connectivity index (χ1n) is 6.75. The lowest BCUT2D eigenvalue weighted by molar-refractivity contribution is -0.120. The summed E-state index contributed by atoms with van der Waals surface area (Å²) >= 11 is 0. The van der Waals surface area contributed by atoms with E-state index in [9.17, 15) is 9.59 Å². The molecule has 1 aliphatic carbocycles. The first-order valence-corrected chi connectivity index (χ1v) is 6.75. The van der Waals surface area contributed by atoms with Gasteiger partial charge in [0.25, 0.3) is 5.91 Å². The van der Waals surface area contributed by atoms with Crippen LogP contribution in [0.1, 0.15) is 29.6 Å². The molecule has 2 amide bonds. The van der Waals surface area contributed by atoms with Crippen LogP contribution in [0.15, 0.2) is 18.2 Å². The van der Waals surface area contributed by atoms with Gasteiger partial charge in [-0.15, -0.1) is 0 Å². The van der Waals surface area contributed by atoms with Gasteiger partial charge in [0.2, 0.25) is 5.91 Å². The maximum absolute atomic E-state index is 11.5. The Morgan fingerprint density at radius 2 is 2.10 bits per heavy atom. The minimum absolute atomic E-state index is 0.0561. The lowest BCUT2D eigenvalue weighted by atomic mass is 10.1. The third kappa shape index (κ3) is 3.88. The number of anilines is 2. The molecule has 1 saturated carbocycles. The van der Waals surface area contributed by atoms with Crippen molar-refractivity contribution in [2.24, 2.45) is 0 Å². The molecule has 1 aliphatic rings. The second-order valence-corrected chi connectivity index (χ2v) is 4.90. The highest BCUT2D eigenvalue weighted by Gasteiger charge is 2.22. The zero-order valence-electron chi connectivity index (χ0n) is 11.5. The SMILES string of the molecule is CNC(=O)c1ccc(NCCC(=O)NC2CC2)c(N)c1. The first kappa shape index (κ1) is 14.2. The monoisotopic (exact) mass is 276 g/mol. The Hall–Kier alpha value is -2.24. The number of nitrogen functional groups attached to an aromatic ring is 1. The van der Waals surface area contributed by atoms with E-state index in [1.807, 2.05) is 0 Å². The Labute approximate surface area is 118 Å². The fourth-order valence-electron chi connectivity index (χ4n) is 1.85. The van der Waals surface area contributed by atoms with E-state index in [1.54, 1.807) is 25.2 Å². The number of benzene rings is 1. The largest absolute Gasteiger partial charge is 0.397 e. The molecule has 108 valence electrons. The van der Waals surface area contributed by atoms with Crippen molar-refractivity contribution in [2.75, 3.05) is 24.6 Å². The van der Waals surface area contributed by atoms with E-state index in [0.717, 1.165) is 18.5 Å². The van der Waals surface area contributed by atoms with Crippen LogP contribution in [0.2, 0.25) is 0 Å². The standard InChI is InChI=1S/C14H20N4O2/c1-16-14(20)9-2-5-12(11(15)8-9)17-7-6-13(19)18-10-3-4-10/h2,5,8,10,17H,3-4,6-7,15H2,1H3,(H,16,20)(H,18,19). The molecule has 0 radical (unpaired) electrons. The Balaban J connectivity index is 1.83. The maximum atomic E-state index is 11.5. The summed E-state index contributed by atoms with van der Waals surface area (Å²) in [5.41, 5.74) is 7.62. The zero-order chi connectivity index (χ0) is 14.5. The number of hydrogen-bond donors (Lipinski definition) is 4. The van der Waals surface area contributed by atoms with Crippen molar-refractivity contribution in [3.63, 3.8) is 0 Å². The Kier molecular flexibility index (Phi) is 4.45. The molecular formula is C14H20N4O2. The van der Waals surface area contributed by atoms with Gasteiger partial charge in [0.05, 0.1) is 11.4 Å². The zero-order valence-corrected chi connectivity index (χ0v) is 11.5. The summed E-state index contributed by atoms with van der Waals surface area (Å²) in [6.45, 7) is 0.516. The molecule has 1 fully saturated rings. The topological polar surface area (TPSA) is 96.2 Å². The molecule has 0 bridgehead atoms. The summed E-state index contributed by atoms with van der Waals surface area (Å²) in [6.07, 6.45) is 2.59. The van der Waals surface area contributed by atoms with Crippen LogP contribution >= 0.6 is 0 Å². The Morgan fingerprint density at radius 3 is 2.70 bits per heavy atom. The molecule has 1 aromatic rings. The third-order valence-electron chi connectivity index (χ3n) is 3.15. The van der Waals surface area contributed by atoms with Gasteiger partial charge in [0.15, 0.2) is 0 Å². The number of nitrogens with two attached hydrogens (primary N) is 1. The van der Waals surface area contributed by atoms with Crippen LogP contribution in [0.25, 0.3) is 0 Å². The van der Waals surface area contributed by atoms with Gasteiger partial charge in [-0.05, 0) is 31.0 Å². The van der Waals surface area contributed by atoms with Crippen LogP contribution < -0.4 is 21.7 Å². The number of hydrogen-bond acceptors (Lipinski definition) is 4. The molecule has 0 heterocycles. The fraction of sp³-hybridized carbons (Fsp3) is 0.429. The van der Waals surface area contributed by atoms with Gasteiger partial charge in [-0.25, -0.2) is 0 Å². The smallest absolute Gasteiger partial charge is 0.251 e. The molecule has 0 aromatic heterocycles. The highest BCUT2D eigenvalue weighted by Crippen LogP contribution is 2.20. The summed E-state index contributed by atoms with van der Waals surface area (Å²) in [6, 6.07) is 5.45. The molecule has 0 saturated heterocycles. The summed E-state index contributed by atoms with van der Waals surface area (Å²) < 4.78 is 0. The third-order valence-corrected chi connectivity index (χ3v) is 3.15. The summed E-state index contributed by atoms with van der Waals surface area (Å²) in [5, 5.41) is 8.57. The van der Waals surface area contributed by atoms with Crippen LogP contribution in [-0.2, 0) is 4.79 Å². The number of carbonyl (C=O) groups is 2. The highest BCUT2D eigenvalue weighted by molar-refractivity contribution is 5.95. The van der Waals surface area contributed by atoms with Crippen LogP contribution in [0, 0.1) is 0 Å². The van der Waals surface area contributed by atoms with Gasteiger partial charge >= 0.3 is 0 Å². The van der Waals surface area contributed by atoms with Crippen LogP contribution in [0.3, 0.4) is 0 Å². The first-order chi connectivity index (χ1) is 9.60.